The lowest BCUT2D eigenvalue weighted by atomic mass is 10.0. The Kier molecular flexibility index (Phi) is 4.73. The van der Waals surface area contributed by atoms with Crippen LogP contribution in [0.1, 0.15) is 23.7 Å². The van der Waals surface area contributed by atoms with E-state index in [1.807, 2.05) is 52.5 Å². The number of thiazole rings is 1. The Morgan fingerprint density at radius 2 is 2.17 bits per heavy atom. The number of carbonyl (C=O) groups excluding carboxylic acids is 1. The van der Waals surface area contributed by atoms with Gasteiger partial charge >= 0.3 is 0 Å². The quantitative estimate of drug-likeness (QED) is 0.756. The van der Waals surface area contributed by atoms with Crippen molar-refractivity contribution < 1.29 is 9.90 Å². The molecular formula is C17H19N3O2S. The number of imidazole rings is 1. The molecule has 0 spiro atoms. The molecule has 0 aliphatic heterocycles. The van der Waals surface area contributed by atoms with Crippen LogP contribution in [0, 0.1) is 0 Å². The molecule has 1 amide bonds. The van der Waals surface area contributed by atoms with E-state index in [0.29, 0.717) is 6.42 Å². The minimum Gasteiger partial charge on any atom is -0.396 e. The van der Waals surface area contributed by atoms with Gasteiger partial charge in [-0.3, -0.25) is 9.20 Å². The van der Waals surface area contributed by atoms with E-state index in [1.165, 1.54) is 0 Å². The maximum Gasteiger partial charge on any atom is 0.228 e. The number of aromatic nitrogens is 2. The minimum atomic E-state index is -0.127. The second-order valence-corrected chi connectivity index (χ2v) is 6.32. The van der Waals surface area contributed by atoms with Gasteiger partial charge in [0.05, 0.1) is 18.2 Å². The normalized spacial score (nSPS) is 12.4. The van der Waals surface area contributed by atoms with E-state index in [9.17, 15) is 9.90 Å². The highest BCUT2D eigenvalue weighted by Gasteiger charge is 2.22. The van der Waals surface area contributed by atoms with Gasteiger partial charge in [0, 0.05) is 31.4 Å². The molecule has 0 saturated heterocycles. The van der Waals surface area contributed by atoms with Crippen molar-refractivity contribution in [1.29, 1.82) is 0 Å². The number of nitrogens with zero attached hydrogens (tertiary/aromatic N) is 3. The van der Waals surface area contributed by atoms with Crippen LogP contribution in [0.3, 0.4) is 0 Å². The van der Waals surface area contributed by atoms with E-state index in [1.54, 1.807) is 23.3 Å². The predicted octanol–water partition coefficient (Wildman–Crippen LogP) is 2.52. The van der Waals surface area contributed by atoms with Crippen LogP contribution in [0.2, 0.25) is 0 Å². The van der Waals surface area contributed by atoms with Gasteiger partial charge in [-0.1, -0.05) is 30.3 Å². The molecule has 6 heteroatoms. The number of likely N-dealkylation sites (N-methyl/N-ethyl adjacent to an activating group) is 1. The highest BCUT2D eigenvalue weighted by molar-refractivity contribution is 7.15. The molecule has 0 fully saturated rings. The first-order valence-electron chi connectivity index (χ1n) is 7.51. The fourth-order valence-corrected chi connectivity index (χ4v) is 3.42. The van der Waals surface area contributed by atoms with Crippen LogP contribution in [-0.4, -0.2) is 39.0 Å². The van der Waals surface area contributed by atoms with Gasteiger partial charge < -0.3 is 10.0 Å². The Balaban J connectivity index is 1.75. The van der Waals surface area contributed by atoms with Gasteiger partial charge in [0.1, 0.15) is 0 Å². The number of amides is 1. The molecule has 1 N–H and O–H groups in total. The van der Waals surface area contributed by atoms with Crippen LogP contribution in [0.25, 0.3) is 4.96 Å². The van der Waals surface area contributed by atoms with E-state index in [2.05, 4.69) is 4.98 Å². The second kappa shape index (κ2) is 6.93. The summed E-state index contributed by atoms with van der Waals surface area (Å²) in [5.41, 5.74) is 1.80. The van der Waals surface area contributed by atoms with Gasteiger partial charge in [0.15, 0.2) is 4.96 Å². The van der Waals surface area contributed by atoms with Gasteiger partial charge in [-0.15, -0.1) is 11.3 Å². The van der Waals surface area contributed by atoms with E-state index in [-0.39, 0.29) is 25.0 Å². The third kappa shape index (κ3) is 3.43. The first-order valence-corrected chi connectivity index (χ1v) is 8.39. The van der Waals surface area contributed by atoms with E-state index in [0.717, 1.165) is 16.2 Å². The topological polar surface area (TPSA) is 57.8 Å². The van der Waals surface area contributed by atoms with Crippen LogP contribution >= 0.6 is 11.3 Å². The maximum absolute atomic E-state index is 12.6. The van der Waals surface area contributed by atoms with Crippen LogP contribution < -0.4 is 0 Å². The predicted molar refractivity (Wildman–Crippen MR) is 90.4 cm³/mol. The van der Waals surface area contributed by atoms with Gasteiger partial charge in [0.25, 0.3) is 0 Å². The Bertz CT molecular complexity index is 753. The number of aliphatic hydroxyl groups is 1. The highest BCUT2D eigenvalue weighted by atomic mass is 32.1. The third-order valence-corrected chi connectivity index (χ3v) is 4.69. The lowest BCUT2D eigenvalue weighted by molar-refractivity contribution is -0.131. The SMILES string of the molecule is CN(C(=O)Cc1cn2ccsc2n1)C(CCO)c1ccccc1. The summed E-state index contributed by atoms with van der Waals surface area (Å²) in [5.74, 6) is -0.00180. The third-order valence-electron chi connectivity index (χ3n) is 3.92. The van der Waals surface area contributed by atoms with Crippen molar-refractivity contribution in [3.63, 3.8) is 0 Å². The summed E-state index contributed by atoms with van der Waals surface area (Å²) in [6.45, 7) is 0.0391. The number of benzene rings is 1. The molecule has 0 saturated carbocycles. The van der Waals surface area contributed by atoms with Gasteiger partial charge in [-0.25, -0.2) is 4.98 Å². The minimum absolute atomic E-state index is 0.00180. The smallest absolute Gasteiger partial charge is 0.228 e. The van der Waals surface area contributed by atoms with Crippen molar-refractivity contribution in [2.45, 2.75) is 18.9 Å². The standard InChI is InChI=1S/C17H19N3O2S/c1-19(15(7-9-21)13-5-3-2-4-6-13)16(22)11-14-12-20-8-10-23-17(20)18-14/h2-6,8,10,12,15,21H,7,9,11H2,1H3. The first kappa shape index (κ1) is 15.7. The zero-order chi connectivity index (χ0) is 16.2. The molecule has 1 atom stereocenters. The number of hydrogen-bond acceptors (Lipinski definition) is 4. The highest BCUT2D eigenvalue weighted by Crippen LogP contribution is 2.23. The molecule has 0 radical (unpaired) electrons. The molecule has 3 aromatic rings. The van der Waals surface area contributed by atoms with Crippen molar-refractivity contribution in [1.82, 2.24) is 14.3 Å². The molecular weight excluding hydrogens is 310 g/mol. The monoisotopic (exact) mass is 329 g/mol. The van der Waals surface area contributed by atoms with Crippen LogP contribution in [0.15, 0.2) is 48.1 Å². The summed E-state index contributed by atoms with van der Waals surface area (Å²) in [7, 11) is 1.79. The summed E-state index contributed by atoms with van der Waals surface area (Å²) in [6.07, 6.45) is 4.61. The van der Waals surface area contributed by atoms with Gasteiger partial charge in [0.2, 0.25) is 5.91 Å². The average molecular weight is 329 g/mol. The lowest BCUT2D eigenvalue weighted by Gasteiger charge is -2.28. The van der Waals surface area contributed by atoms with Crippen LogP contribution in [-0.2, 0) is 11.2 Å². The zero-order valence-electron chi connectivity index (χ0n) is 12.9. The van der Waals surface area contributed by atoms with E-state index in [4.69, 9.17) is 0 Å². The Hall–Kier alpha value is -2.18. The Morgan fingerprint density at radius 1 is 1.39 bits per heavy atom. The fourth-order valence-electron chi connectivity index (χ4n) is 2.70. The average Bonchev–Trinajstić information content (AvgIpc) is 3.14. The molecule has 1 unspecified atom stereocenters. The fraction of sp³-hybridized carbons (Fsp3) is 0.294. The summed E-state index contributed by atoms with van der Waals surface area (Å²) in [5, 5.41) is 11.3. The zero-order valence-corrected chi connectivity index (χ0v) is 13.7. The molecule has 0 aliphatic rings. The van der Waals surface area contributed by atoms with Crippen molar-refractivity contribution in [2.75, 3.05) is 13.7 Å². The lowest BCUT2D eigenvalue weighted by Crippen LogP contribution is -2.33. The van der Waals surface area contributed by atoms with Crippen LogP contribution in [0.5, 0.6) is 0 Å². The molecule has 0 bridgehead atoms. The van der Waals surface area contributed by atoms with Gasteiger partial charge in [-0.05, 0) is 12.0 Å². The summed E-state index contributed by atoms with van der Waals surface area (Å²) in [6, 6.07) is 9.67. The molecule has 2 heterocycles. The number of aliphatic hydroxyl groups excluding tert-OH is 1. The Labute approximate surface area is 138 Å². The molecule has 23 heavy (non-hydrogen) atoms. The second-order valence-electron chi connectivity index (χ2n) is 5.45. The largest absolute Gasteiger partial charge is 0.396 e. The Morgan fingerprint density at radius 3 is 2.87 bits per heavy atom. The summed E-state index contributed by atoms with van der Waals surface area (Å²) < 4.78 is 1.93. The van der Waals surface area contributed by atoms with E-state index >= 15 is 0 Å². The first-order chi connectivity index (χ1) is 11.2. The number of hydrogen-bond donors (Lipinski definition) is 1. The maximum atomic E-state index is 12.6. The van der Waals surface area contributed by atoms with E-state index < -0.39 is 0 Å². The molecule has 0 aliphatic carbocycles. The summed E-state index contributed by atoms with van der Waals surface area (Å²) in [4.78, 5) is 19.7. The molecule has 5 nitrogen and oxygen atoms in total. The van der Waals surface area contributed by atoms with Gasteiger partial charge in [-0.2, -0.15) is 0 Å². The molecule has 1 aromatic carbocycles. The molecule has 2 aromatic heterocycles. The van der Waals surface area contributed by atoms with Crippen LogP contribution in [0.4, 0.5) is 0 Å². The molecule has 3 rings (SSSR count). The van der Waals surface area contributed by atoms with Crippen molar-refractivity contribution in [3.05, 3.63) is 59.4 Å². The number of fused-ring (bicyclic) bond motifs is 1. The number of carbonyl (C=O) groups is 1. The van der Waals surface area contributed by atoms with Crippen molar-refractivity contribution in [3.8, 4) is 0 Å². The number of rotatable bonds is 6. The van der Waals surface area contributed by atoms with Crippen molar-refractivity contribution in [2.24, 2.45) is 0 Å². The van der Waals surface area contributed by atoms with Crippen molar-refractivity contribution >= 4 is 22.2 Å². The molecule has 120 valence electrons. The summed E-state index contributed by atoms with van der Waals surface area (Å²) >= 11 is 1.55.